The van der Waals surface area contributed by atoms with Crippen LogP contribution in [0.5, 0.6) is 11.5 Å². The van der Waals surface area contributed by atoms with E-state index in [4.69, 9.17) is 14.6 Å². The van der Waals surface area contributed by atoms with Crippen LogP contribution >= 0.6 is 0 Å². The second-order valence-corrected chi connectivity index (χ2v) is 3.81. The van der Waals surface area contributed by atoms with Crippen LogP contribution in [0.1, 0.15) is 6.42 Å². The molecule has 0 unspecified atom stereocenters. The Labute approximate surface area is 107 Å². The number of nitrogens with zero attached hydrogens (tertiary/aromatic N) is 1. The fourth-order valence-corrected chi connectivity index (χ4v) is 1.39. The van der Waals surface area contributed by atoms with Crippen molar-refractivity contribution in [1.82, 2.24) is 4.90 Å². The Kier molecular flexibility index (Phi) is 6.00. The molecule has 0 aromatic heterocycles. The van der Waals surface area contributed by atoms with Gasteiger partial charge in [-0.3, -0.25) is 4.79 Å². The van der Waals surface area contributed by atoms with Crippen LogP contribution in [0.3, 0.4) is 0 Å². The first kappa shape index (κ1) is 14.3. The van der Waals surface area contributed by atoms with Crippen molar-refractivity contribution >= 4 is 5.91 Å². The first-order valence-electron chi connectivity index (χ1n) is 5.79. The first-order chi connectivity index (χ1) is 8.67. The second kappa shape index (κ2) is 7.55. The number of aliphatic hydroxyl groups excluding tert-OH is 1. The van der Waals surface area contributed by atoms with Crippen LogP contribution in [0.15, 0.2) is 24.3 Å². The minimum atomic E-state index is -0.0439. The number of carbonyl (C=O) groups is 1. The molecule has 0 spiro atoms. The molecular formula is C13H19NO4. The minimum absolute atomic E-state index is 0.0262. The minimum Gasteiger partial charge on any atom is -0.497 e. The van der Waals surface area contributed by atoms with Crippen LogP contribution in [0.2, 0.25) is 0 Å². The monoisotopic (exact) mass is 253 g/mol. The number of carbonyl (C=O) groups excluding carboxylic acids is 1. The molecule has 5 nitrogen and oxygen atoms in total. The summed E-state index contributed by atoms with van der Waals surface area (Å²) in [5, 5.41) is 8.70. The van der Waals surface area contributed by atoms with Gasteiger partial charge in [0.15, 0.2) is 0 Å². The van der Waals surface area contributed by atoms with Gasteiger partial charge in [-0.15, -0.1) is 0 Å². The maximum Gasteiger partial charge on any atom is 0.225 e. The van der Waals surface area contributed by atoms with Gasteiger partial charge in [0.25, 0.3) is 0 Å². The summed E-state index contributed by atoms with van der Waals surface area (Å²) in [5.41, 5.74) is 0. The molecule has 1 amide bonds. The SMILES string of the molecule is COc1ccc(OCCC(=O)N(C)CCO)cc1. The molecule has 0 saturated heterocycles. The third-order valence-electron chi connectivity index (χ3n) is 2.51. The quantitative estimate of drug-likeness (QED) is 0.785. The lowest BCUT2D eigenvalue weighted by molar-refractivity contribution is -0.130. The molecule has 18 heavy (non-hydrogen) atoms. The van der Waals surface area contributed by atoms with Gasteiger partial charge < -0.3 is 19.5 Å². The Morgan fingerprint density at radius 2 is 1.89 bits per heavy atom. The van der Waals surface area contributed by atoms with E-state index in [0.717, 1.165) is 5.75 Å². The Morgan fingerprint density at radius 3 is 2.44 bits per heavy atom. The summed E-state index contributed by atoms with van der Waals surface area (Å²) in [4.78, 5) is 13.0. The zero-order valence-corrected chi connectivity index (χ0v) is 10.8. The van der Waals surface area contributed by atoms with Crippen molar-refractivity contribution in [1.29, 1.82) is 0 Å². The van der Waals surface area contributed by atoms with E-state index in [1.54, 1.807) is 38.4 Å². The molecule has 0 radical (unpaired) electrons. The standard InChI is InChI=1S/C13H19NO4/c1-14(8-9-15)13(16)7-10-18-12-5-3-11(17-2)4-6-12/h3-6,15H,7-10H2,1-2H3. The van der Waals surface area contributed by atoms with E-state index < -0.39 is 0 Å². The molecule has 1 aromatic rings. The molecule has 100 valence electrons. The van der Waals surface area contributed by atoms with Crippen molar-refractivity contribution in [2.75, 3.05) is 33.9 Å². The molecular weight excluding hydrogens is 234 g/mol. The highest BCUT2D eigenvalue weighted by molar-refractivity contribution is 5.75. The van der Waals surface area contributed by atoms with E-state index in [1.165, 1.54) is 4.90 Å². The number of ether oxygens (including phenoxy) is 2. The average Bonchev–Trinajstić information content (AvgIpc) is 2.39. The fraction of sp³-hybridized carbons (Fsp3) is 0.462. The van der Waals surface area contributed by atoms with Gasteiger partial charge in [0.05, 0.1) is 26.7 Å². The number of hydrogen-bond donors (Lipinski definition) is 1. The molecule has 0 bridgehead atoms. The van der Waals surface area contributed by atoms with Crippen molar-refractivity contribution in [3.63, 3.8) is 0 Å². The number of amides is 1. The highest BCUT2D eigenvalue weighted by Gasteiger charge is 2.07. The number of methoxy groups -OCH3 is 1. The van der Waals surface area contributed by atoms with Crippen molar-refractivity contribution in [2.45, 2.75) is 6.42 Å². The molecule has 0 aliphatic heterocycles. The highest BCUT2D eigenvalue weighted by atomic mass is 16.5. The molecule has 0 atom stereocenters. The lowest BCUT2D eigenvalue weighted by Gasteiger charge is -2.15. The molecule has 1 rings (SSSR count). The molecule has 1 aromatic carbocycles. The molecule has 0 saturated carbocycles. The van der Waals surface area contributed by atoms with E-state index in [9.17, 15) is 4.79 Å². The van der Waals surface area contributed by atoms with Gasteiger partial charge in [0, 0.05) is 13.6 Å². The van der Waals surface area contributed by atoms with E-state index in [2.05, 4.69) is 0 Å². The average molecular weight is 253 g/mol. The zero-order chi connectivity index (χ0) is 13.4. The summed E-state index contributed by atoms with van der Waals surface area (Å²) in [7, 11) is 3.26. The number of rotatable bonds is 7. The Hall–Kier alpha value is -1.75. The van der Waals surface area contributed by atoms with Crippen LogP contribution < -0.4 is 9.47 Å². The summed E-state index contributed by atoms with van der Waals surface area (Å²) in [6, 6.07) is 7.19. The maximum atomic E-state index is 11.5. The molecule has 0 fully saturated rings. The molecule has 0 heterocycles. The summed E-state index contributed by atoms with van der Waals surface area (Å²) >= 11 is 0. The summed E-state index contributed by atoms with van der Waals surface area (Å²) in [6.45, 7) is 0.643. The van der Waals surface area contributed by atoms with Gasteiger partial charge in [-0.25, -0.2) is 0 Å². The number of hydrogen-bond acceptors (Lipinski definition) is 4. The molecule has 5 heteroatoms. The topological polar surface area (TPSA) is 59.0 Å². The fourth-order valence-electron chi connectivity index (χ4n) is 1.39. The van der Waals surface area contributed by atoms with Gasteiger partial charge in [0.2, 0.25) is 5.91 Å². The summed E-state index contributed by atoms with van der Waals surface area (Å²) in [5.74, 6) is 1.42. The molecule has 0 aliphatic rings. The van der Waals surface area contributed by atoms with Gasteiger partial charge >= 0.3 is 0 Å². The van der Waals surface area contributed by atoms with E-state index in [0.29, 0.717) is 25.3 Å². The number of likely N-dealkylation sites (N-methyl/N-ethyl adjacent to an activating group) is 1. The van der Waals surface area contributed by atoms with Gasteiger partial charge in [-0.05, 0) is 24.3 Å². The van der Waals surface area contributed by atoms with Crippen molar-refractivity contribution in [3.8, 4) is 11.5 Å². The zero-order valence-electron chi connectivity index (χ0n) is 10.8. The lowest BCUT2D eigenvalue weighted by Crippen LogP contribution is -2.30. The maximum absolute atomic E-state index is 11.5. The van der Waals surface area contributed by atoms with Crippen LogP contribution in [0.25, 0.3) is 0 Å². The van der Waals surface area contributed by atoms with Crippen molar-refractivity contribution in [2.24, 2.45) is 0 Å². The van der Waals surface area contributed by atoms with Crippen LogP contribution in [0.4, 0.5) is 0 Å². The van der Waals surface area contributed by atoms with Gasteiger partial charge in [0.1, 0.15) is 11.5 Å². The Bertz CT molecular complexity index is 364. The predicted molar refractivity (Wildman–Crippen MR) is 67.8 cm³/mol. The van der Waals surface area contributed by atoms with E-state index in [-0.39, 0.29) is 12.5 Å². The predicted octanol–water partition coefficient (Wildman–Crippen LogP) is 0.915. The number of benzene rings is 1. The van der Waals surface area contributed by atoms with Crippen LogP contribution in [0, 0.1) is 0 Å². The Morgan fingerprint density at radius 1 is 1.28 bits per heavy atom. The van der Waals surface area contributed by atoms with Gasteiger partial charge in [-0.1, -0.05) is 0 Å². The van der Waals surface area contributed by atoms with Crippen molar-refractivity contribution in [3.05, 3.63) is 24.3 Å². The third kappa shape index (κ3) is 4.63. The largest absolute Gasteiger partial charge is 0.497 e. The lowest BCUT2D eigenvalue weighted by atomic mass is 10.3. The van der Waals surface area contributed by atoms with Crippen molar-refractivity contribution < 1.29 is 19.4 Å². The van der Waals surface area contributed by atoms with Gasteiger partial charge in [-0.2, -0.15) is 0 Å². The summed E-state index contributed by atoms with van der Waals surface area (Å²) in [6.07, 6.45) is 0.294. The normalized spacial score (nSPS) is 9.94. The second-order valence-electron chi connectivity index (χ2n) is 3.81. The van der Waals surface area contributed by atoms with Crippen LogP contribution in [-0.2, 0) is 4.79 Å². The summed E-state index contributed by atoms with van der Waals surface area (Å²) < 4.78 is 10.5. The van der Waals surface area contributed by atoms with Crippen LogP contribution in [-0.4, -0.2) is 49.8 Å². The highest BCUT2D eigenvalue weighted by Crippen LogP contribution is 2.17. The molecule has 1 N–H and O–H groups in total. The molecule has 0 aliphatic carbocycles. The first-order valence-corrected chi connectivity index (χ1v) is 5.79. The Balaban J connectivity index is 2.30. The smallest absolute Gasteiger partial charge is 0.225 e. The van der Waals surface area contributed by atoms with E-state index in [1.807, 2.05) is 0 Å². The van der Waals surface area contributed by atoms with E-state index >= 15 is 0 Å². The third-order valence-corrected chi connectivity index (χ3v) is 2.51. The number of aliphatic hydroxyl groups is 1.